The normalized spacial score (nSPS) is 37.8. The quantitative estimate of drug-likeness (QED) is 0.516. The molecule has 2 atom stereocenters. The highest BCUT2D eigenvalue weighted by atomic mass is 16.1. The average Bonchev–Trinajstić information content (AvgIpc) is 2.18. The summed E-state index contributed by atoms with van der Waals surface area (Å²) in [4.78, 5) is 12.0. The SMILES string of the molecule is C=C1CC2C=CC=CC(C)(C1)C2=O. The number of hydrogen-bond donors (Lipinski definition) is 0. The number of carbonyl (C=O) groups is 1. The van der Waals surface area contributed by atoms with Gasteiger partial charge in [0.2, 0.25) is 0 Å². The maximum absolute atomic E-state index is 12.0. The van der Waals surface area contributed by atoms with Crippen LogP contribution in [-0.2, 0) is 4.79 Å². The van der Waals surface area contributed by atoms with Crippen molar-refractivity contribution in [2.75, 3.05) is 0 Å². The van der Waals surface area contributed by atoms with Crippen molar-refractivity contribution in [3.8, 4) is 0 Å². The van der Waals surface area contributed by atoms with Crippen LogP contribution in [0.1, 0.15) is 19.8 Å². The van der Waals surface area contributed by atoms with E-state index in [1.54, 1.807) is 0 Å². The molecule has 2 bridgehead atoms. The molecule has 0 spiro atoms. The lowest BCUT2D eigenvalue weighted by molar-refractivity contribution is -0.129. The monoisotopic (exact) mass is 174 g/mol. The molecule has 0 aromatic rings. The fraction of sp³-hybridized carbons (Fsp3) is 0.417. The highest BCUT2D eigenvalue weighted by molar-refractivity contribution is 5.92. The first-order valence-electron chi connectivity index (χ1n) is 4.69. The first-order chi connectivity index (χ1) is 6.12. The van der Waals surface area contributed by atoms with E-state index in [2.05, 4.69) is 6.58 Å². The third-order valence-corrected chi connectivity index (χ3v) is 2.94. The Bertz CT molecular complexity index is 322. The first-order valence-corrected chi connectivity index (χ1v) is 4.69. The third kappa shape index (κ3) is 1.28. The Morgan fingerprint density at radius 2 is 2.31 bits per heavy atom. The molecule has 0 saturated heterocycles. The number of ketones is 1. The van der Waals surface area contributed by atoms with Crippen LogP contribution in [0.15, 0.2) is 36.5 Å². The summed E-state index contributed by atoms with van der Waals surface area (Å²) < 4.78 is 0. The van der Waals surface area contributed by atoms with Crippen LogP contribution in [0.2, 0.25) is 0 Å². The second kappa shape index (κ2) is 2.69. The van der Waals surface area contributed by atoms with Crippen LogP contribution in [0.25, 0.3) is 0 Å². The molecule has 2 aliphatic carbocycles. The summed E-state index contributed by atoms with van der Waals surface area (Å²) >= 11 is 0. The van der Waals surface area contributed by atoms with Gasteiger partial charge < -0.3 is 0 Å². The van der Waals surface area contributed by atoms with Crippen LogP contribution in [0.5, 0.6) is 0 Å². The van der Waals surface area contributed by atoms with Gasteiger partial charge in [-0.15, -0.1) is 0 Å². The van der Waals surface area contributed by atoms with Crippen molar-refractivity contribution in [2.45, 2.75) is 19.8 Å². The molecule has 0 heterocycles. The number of Topliss-reactive ketones (excluding diaryl/α,β-unsaturated/α-hetero) is 1. The van der Waals surface area contributed by atoms with E-state index in [-0.39, 0.29) is 11.3 Å². The van der Waals surface area contributed by atoms with Gasteiger partial charge in [-0.1, -0.05) is 36.5 Å². The van der Waals surface area contributed by atoms with Crippen molar-refractivity contribution in [3.05, 3.63) is 36.5 Å². The van der Waals surface area contributed by atoms with E-state index in [1.165, 1.54) is 5.57 Å². The van der Waals surface area contributed by atoms with Gasteiger partial charge >= 0.3 is 0 Å². The van der Waals surface area contributed by atoms with Crippen molar-refractivity contribution in [1.82, 2.24) is 0 Å². The van der Waals surface area contributed by atoms with Crippen LogP contribution in [0.3, 0.4) is 0 Å². The van der Waals surface area contributed by atoms with Gasteiger partial charge in [0.05, 0.1) is 0 Å². The topological polar surface area (TPSA) is 17.1 Å². The summed E-state index contributed by atoms with van der Waals surface area (Å²) in [5.41, 5.74) is 0.909. The van der Waals surface area contributed by atoms with Crippen molar-refractivity contribution in [2.24, 2.45) is 11.3 Å². The molecule has 2 unspecified atom stereocenters. The molecular weight excluding hydrogens is 160 g/mol. The molecule has 2 rings (SSSR count). The molecule has 0 aromatic carbocycles. The smallest absolute Gasteiger partial charge is 0.149 e. The molecule has 0 N–H and O–H groups in total. The van der Waals surface area contributed by atoms with Crippen molar-refractivity contribution < 1.29 is 4.79 Å². The average molecular weight is 174 g/mol. The van der Waals surface area contributed by atoms with Gasteiger partial charge in [-0.3, -0.25) is 4.79 Å². The first kappa shape index (κ1) is 8.49. The van der Waals surface area contributed by atoms with Gasteiger partial charge in [0.15, 0.2) is 0 Å². The van der Waals surface area contributed by atoms with Crippen LogP contribution >= 0.6 is 0 Å². The Hall–Kier alpha value is -1.11. The zero-order valence-corrected chi connectivity index (χ0v) is 7.92. The van der Waals surface area contributed by atoms with Gasteiger partial charge in [-0.2, -0.15) is 0 Å². The predicted molar refractivity (Wildman–Crippen MR) is 53.3 cm³/mol. The molecule has 1 heteroatoms. The Labute approximate surface area is 78.8 Å². The van der Waals surface area contributed by atoms with E-state index in [4.69, 9.17) is 0 Å². The predicted octanol–water partition coefficient (Wildman–Crippen LogP) is 2.65. The highest BCUT2D eigenvalue weighted by Gasteiger charge is 2.39. The van der Waals surface area contributed by atoms with E-state index in [9.17, 15) is 4.79 Å². The molecule has 1 fully saturated rings. The Kier molecular flexibility index (Phi) is 1.76. The standard InChI is InChI=1S/C12H14O/c1-9-7-10-5-3-4-6-12(2,8-9)11(10)13/h3-6,10H,1,7-8H2,2H3. The van der Waals surface area contributed by atoms with E-state index in [0.29, 0.717) is 5.78 Å². The number of carbonyl (C=O) groups excluding carboxylic acids is 1. The van der Waals surface area contributed by atoms with Gasteiger partial charge in [0.25, 0.3) is 0 Å². The zero-order valence-electron chi connectivity index (χ0n) is 7.92. The fourth-order valence-electron chi connectivity index (χ4n) is 2.27. The number of hydrogen-bond acceptors (Lipinski definition) is 1. The minimum absolute atomic E-state index is 0.0706. The van der Waals surface area contributed by atoms with Gasteiger partial charge in [0, 0.05) is 11.3 Å². The second-order valence-electron chi connectivity index (χ2n) is 4.26. The molecule has 2 aliphatic rings. The zero-order chi connectivity index (χ0) is 9.47. The molecule has 1 saturated carbocycles. The van der Waals surface area contributed by atoms with Crippen LogP contribution < -0.4 is 0 Å². The highest BCUT2D eigenvalue weighted by Crippen LogP contribution is 2.41. The van der Waals surface area contributed by atoms with Gasteiger partial charge in [-0.25, -0.2) is 0 Å². The minimum Gasteiger partial charge on any atom is -0.298 e. The second-order valence-corrected chi connectivity index (χ2v) is 4.26. The van der Waals surface area contributed by atoms with Crippen molar-refractivity contribution in [3.63, 3.8) is 0 Å². The number of fused-ring (bicyclic) bond motifs is 2. The van der Waals surface area contributed by atoms with Crippen LogP contribution in [0, 0.1) is 11.3 Å². The summed E-state index contributed by atoms with van der Waals surface area (Å²) in [5, 5.41) is 0. The lowest BCUT2D eigenvalue weighted by Gasteiger charge is -2.33. The van der Waals surface area contributed by atoms with E-state index >= 15 is 0 Å². The molecule has 1 nitrogen and oxygen atoms in total. The maximum Gasteiger partial charge on any atom is 0.149 e. The molecule has 0 aliphatic heterocycles. The number of rotatable bonds is 0. The molecule has 13 heavy (non-hydrogen) atoms. The number of allylic oxidation sites excluding steroid dienone is 5. The molecule has 68 valence electrons. The van der Waals surface area contributed by atoms with Crippen molar-refractivity contribution in [1.29, 1.82) is 0 Å². The third-order valence-electron chi connectivity index (χ3n) is 2.94. The lowest BCUT2D eigenvalue weighted by Crippen LogP contribution is -2.35. The summed E-state index contributed by atoms with van der Waals surface area (Å²) in [6, 6.07) is 0. The molecular formula is C12H14O. The summed E-state index contributed by atoms with van der Waals surface area (Å²) in [7, 11) is 0. The lowest BCUT2D eigenvalue weighted by atomic mass is 9.69. The van der Waals surface area contributed by atoms with E-state index in [0.717, 1.165) is 12.8 Å². The molecule has 0 radical (unpaired) electrons. The van der Waals surface area contributed by atoms with Crippen molar-refractivity contribution >= 4 is 5.78 Å². The molecule has 0 amide bonds. The Balaban J connectivity index is 2.45. The summed E-state index contributed by atoms with van der Waals surface area (Å²) in [6.07, 6.45) is 9.63. The summed E-state index contributed by atoms with van der Waals surface area (Å²) in [5.74, 6) is 0.422. The van der Waals surface area contributed by atoms with E-state index in [1.807, 2.05) is 31.2 Å². The van der Waals surface area contributed by atoms with Gasteiger partial charge in [-0.05, 0) is 19.8 Å². The Morgan fingerprint density at radius 3 is 3.08 bits per heavy atom. The van der Waals surface area contributed by atoms with E-state index < -0.39 is 0 Å². The minimum atomic E-state index is -0.288. The largest absolute Gasteiger partial charge is 0.298 e. The van der Waals surface area contributed by atoms with Gasteiger partial charge in [0.1, 0.15) is 5.78 Å². The van der Waals surface area contributed by atoms with Crippen LogP contribution in [0.4, 0.5) is 0 Å². The summed E-state index contributed by atoms with van der Waals surface area (Å²) in [6.45, 7) is 6.01. The maximum atomic E-state index is 12.0. The Morgan fingerprint density at radius 1 is 1.54 bits per heavy atom. The fourth-order valence-corrected chi connectivity index (χ4v) is 2.27. The van der Waals surface area contributed by atoms with Crippen LogP contribution in [-0.4, -0.2) is 5.78 Å². The molecule has 0 aromatic heterocycles.